The molecule has 1 saturated heterocycles. The van der Waals surface area contributed by atoms with Crippen molar-refractivity contribution in [3.8, 4) is 0 Å². The zero-order valence-electron chi connectivity index (χ0n) is 10.5. The molecule has 0 aromatic rings. The molecular weight excluding hydrogens is 204 g/mol. The Morgan fingerprint density at radius 1 is 1.62 bits per heavy atom. The SMILES string of the molecule is CC(C)CC(C)(O)CNC(=O)[C@H]1CCCN1. The topological polar surface area (TPSA) is 61.4 Å². The minimum absolute atomic E-state index is 0.0153. The summed E-state index contributed by atoms with van der Waals surface area (Å²) >= 11 is 0. The first-order chi connectivity index (χ1) is 7.41. The van der Waals surface area contributed by atoms with Gasteiger partial charge in [-0.15, -0.1) is 0 Å². The number of hydrogen-bond acceptors (Lipinski definition) is 3. The summed E-state index contributed by atoms with van der Waals surface area (Å²) in [5, 5.41) is 16.0. The van der Waals surface area contributed by atoms with Crippen LogP contribution in [0, 0.1) is 5.92 Å². The van der Waals surface area contributed by atoms with Crippen LogP contribution in [0.1, 0.15) is 40.0 Å². The van der Waals surface area contributed by atoms with E-state index >= 15 is 0 Å². The maximum absolute atomic E-state index is 11.7. The molecule has 0 aromatic heterocycles. The van der Waals surface area contributed by atoms with Crippen molar-refractivity contribution in [1.29, 1.82) is 0 Å². The van der Waals surface area contributed by atoms with Crippen molar-refractivity contribution in [2.45, 2.75) is 51.7 Å². The van der Waals surface area contributed by atoms with Crippen LogP contribution >= 0.6 is 0 Å². The van der Waals surface area contributed by atoms with Crippen LogP contribution in [-0.2, 0) is 4.79 Å². The molecule has 0 radical (unpaired) electrons. The van der Waals surface area contributed by atoms with E-state index in [1.54, 1.807) is 6.92 Å². The number of hydrogen-bond donors (Lipinski definition) is 3. The Labute approximate surface area is 97.8 Å². The van der Waals surface area contributed by atoms with Crippen LogP contribution in [-0.4, -0.2) is 35.7 Å². The summed E-state index contributed by atoms with van der Waals surface area (Å²) in [5.41, 5.74) is -0.803. The molecule has 16 heavy (non-hydrogen) atoms. The third-order valence-corrected chi connectivity index (χ3v) is 2.87. The zero-order chi connectivity index (χ0) is 12.2. The smallest absolute Gasteiger partial charge is 0.237 e. The Morgan fingerprint density at radius 3 is 2.81 bits per heavy atom. The molecule has 3 N–H and O–H groups in total. The number of rotatable bonds is 5. The van der Waals surface area contributed by atoms with E-state index in [0.717, 1.165) is 19.4 Å². The molecule has 0 saturated carbocycles. The van der Waals surface area contributed by atoms with E-state index in [9.17, 15) is 9.90 Å². The molecule has 0 aliphatic carbocycles. The molecular formula is C12H24N2O2. The molecule has 94 valence electrons. The summed E-state index contributed by atoms with van der Waals surface area (Å²) in [5.74, 6) is 0.443. The van der Waals surface area contributed by atoms with Gasteiger partial charge in [0.05, 0.1) is 11.6 Å². The molecule has 1 aliphatic heterocycles. The first-order valence-corrected chi connectivity index (χ1v) is 6.14. The van der Waals surface area contributed by atoms with Crippen LogP contribution < -0.4 is 10.6 Å². The van der Waals surface area contributed by atoms with E-state index in [2.05, 4.69) is 24.5 Å². The lowest BCUT2D eigenvalue weighted by molar-refractivity contribution is -0.124. The van der Waals surface area contributed by atoms with Crippen molar-refractivity contribution in [1.82, 2.24) is 10.6 Å². The van der Waals surface area contributed by atoms with Crippen LogP contribution in [0.15, 0.2) is 0 Å². The van der Waals surface area contributed by atoms with Gasteiger partial charge in [-0.25, -0.2) is 0 Å². The van der Waals surface area contributed by atoms with Gasteiger partial charge in [0.15, 0.2) is 0 Å². The first kappa shape index (κ1) is 13.5. The number of carbonyl (C=O) groups is 1. The second kappa shape index (κ2) is 5.64. The maximum atomic E-state index is 11.7. The summed E-state index contributed by atoms with van der Waals surface area (Å²) in [6.45, 7) is 7.15. The van der Waals surface area contributed by atoms with Gasteiger partial charge in [-0.1, -0.05) is 13.8 Å². The molecule has 4 heteroatoms. The van der Waals surface area contributed by atoms with Crippen LogP contribution in [0.3, 0.4) is 0 Å². The summed E-state index contributed by atoms with van der Waals surface area (Å²) in [7, 11) is 0. The Kier molecular flexibility index (Phi) is 4.74. The normalized spacial score (nSPS) is 24.4. The second-order valence-corrected chi connectivity index (χ2v) is 5.46. The summed E-state index contributed by atoms with van der Waals surface area (Å²) in [6, 6.07) is -0.0603. The minimum atomic E-state index is -0.803. The Hall–Kier alpha value is -0.610. The molecule has 0 spiro atoms. The van der Waals surface area contributed by atoms with Gasteiger partial charge in [0, 0.05) is 6.54 Å². The highest BCUT2D eigenvalue weighted by atomic mass is 16.3. The minimum Gasteiger partial charge on any atom is -0.388 e. The van der Waals surface area contributed by atoms with E-state index in [-0.39, 0.29) is 11.9 Å². The average molecular weight is 228 g/mol. The van der Waals surface area contributed by atoms with E-state index in [0.29, 0.717) is 18.9 Å². The fraction of sp³-hybridized carbons (Fsp3) is 0.917. The number of carbonyl (C=O) groups excluding carboxylic acids is 1. The van der Waals surface area contributed by atoms with Gasteiger partial charge in [0.1, 0.15) is 0 Å². The van der Waals surface area contributed by atoms with Crippen molar-refractivity contribution < 1.29 is 9.90 Å². The quantitative estimate of drug-likeness (QED) is 0.647. The second-order valence-electron chi connectivity index (χ2n) is 5.46. The lowest BCUT2D eigenvalue weighted by Gasteiger charge is -2.26. The highest BCUT2D eigenvalue weighted by molar-refractivity contribution is 5.82. The van der Waals surface area contributed by atoms with Gasteiger partial charge in [0.2, 0.25) is 5.91 Å². The van der Waals surface area contributed by atoms with Crippen LogP contribution in [0.25, 0.3) is 0 Å². The molecule has 4 nitrogen and oxygen atoms in total. The maximum Gasteiger partial charge on any atom is 0.237 e. The average Bonchev–Trinajstić information content (AvgIpc) is 2.64. The summed E-state index contributed by atoms with van der Waals surface area (Å²) in [6.07, 6.45) is 2.66. The Balaban J connectivity index is 2.29. The molecule has 1 amide bonds. The van der Waals surface area contributed by atoms with Gasteiger partial charge in [0.25, 0.3) is 0 Å². The Bertz CT molecular complexity index is 233. The van der Waals surface area contributed by atoms with Gasteiger partial charge in [-0.3, -0.25) is 4.79 Å². The predicted octanol–water partition coefficient (Wildman–Crippen LogP) is 0.652. The molecule has 2 atom stereocenters. The van der Waals surface area contributed by atoms with Crippen LogP contribution in [0.4, 0.5) is 0 Å². The van der Waals surface area contributed by atoms with E-state index in [1.807, 2.05) is 0 Å². The number of nitrogens with one attached hydrogen (secondary N) is 2. The lowest BCUT2D eigenvalue weighted by atomic mass is 9.94. The number of amides is 1. The Morgan fingerprint density at radius 2 is 2.31 bits per heavy atom. The van der Waals surface area contributed by atoms with Crippen molar-refractivity contribution in [3.05, 3.63) is 0 Å². The monoisotopic (exact) mass is 228 g/mol. The van der Waals surface area contributed by atoms with Crippen molar-refractivity contribution in [2.75, 3.05) is 13.1 Å². The number of aliphatic hydroxyl groups is 1. The van der Waals surface area contributed by atoms with Crippen molar-refractivity contribution >= 4 is 5.91 Å². The zero-order valence-corrected chi connectivity index (χ0v) is 10.5. The van der Waals surface area contributed by atoms with E-state index < -0.39 is 5.60 Å². The summed E-state index contributed by atoms with van der Waals surface area (Å²) < 4.78 is 0. The van der Waals surface area contributed by atoms with Crippen LogP contribution in [0.5, 0.6) is 0 Å². The third kappa shape index (κ3) is 4.49. The van der Waals surface area contributed by atoms with E-state index in [4.69, 9.17) is 0 Å². The van der Waals surface area contributed by atoms with Gasteiger partial charge < -0.3 is 15.7 Å². The third-order valence-electron chi connectivity index (χ3n) is 2.87. The summed E-state index contributed by atoms with van der Waals surface area (Å²) in [4.78, 5) is 11.7. The molecule has 1 aliphatic rings. The van der Waals surface area contributed by atoms with Gasteiger partial charge >= 0.3 is 0 Å². The highest BCUT2D eigenvalue weighted by Crippen LogP contribution is 2.15. The molecule has 0 aromatic carbocycles. The highest BCUT2D eigenvalue weighted by Gasteiger charge is 2.26. The molecule has 1 fully saturated rings. The molecule has 0 bridgehead atoms. The predicted molar refractivity (Wildman–Crippen MR) is 64.1 cm³/mol. The molecule has 1 rings (SSSR count). The lowest BCUT2D eigenvalue weighted by Crippen LogP contribution is -2.47. The van der Waals surface area contributed by atoms with Crippen LogP contribution in [0.2, 0.25) is 0 Å². The van der Waals surface area contributed by atoms with Crippen molar-refractivity contribution in [2.24, 2.45) is 5.92 Å². The fourth-order valence-electron chi connectivity index (χ4n) is 2.26. The fourth-order valence-corrected chi connectivity index (χ4v) is 2.26. The largest absolute Gasteiger partial charge is 0.388 e. The first-order valence-electron chi connectivity index (χ1n) is 6.14. The van der Waals surface area contributed by atoms with Gasteiger partial charge in [-0.2, -0.15) is 0 Å². The van der Waals surface area contributed by atoms with Crippen molar-refractivity contribution in [3.63, 3.8) is 0 Å². The standard InChI is InChI=1S/C12H24N2O2/c1-9(2)7-12(3,16)8-14-11(15)10-5-4-6-13-10/h9-10,13,16H,4-8H2,1-3H3,(H,14,15)/t10-,12?/m1/s1. The van der Waals surface area contributed by atoms with Gasteiger partial charge in [-0.05, 0) is 38.6 Å². The van der Waals surface area contributed by atoms with E-state index in [1.165, 1.54) is 0 Å². The molecule has 1 unspecified atom stereocenters. The molecule has 1 heterocycles.